The van der Waals surface area contributed by atoms with Crippen LogP contribution in [0.25, 0.3) is 22.2 Å². The molecule has 1 aliphatic rings. The Morgan fingerprint density at radius 1 is 1.18 bits per heavy atom. The highest BCUT2D eigenvalue weighted by Gasteiger charge is 2.31. The van der Waals surface area contributed by atoms with Gasteiger partial charge in [-0.25, -0.2) is 0 Å². The summed E-state index contributed by atoms with van der Waals surface area (Å²) < 4.78 is 12.7. The van der Waals surface area contributed by atoms with Crippen LogP contribution < -0.4 is 20.1 Å². The summed E-state index contributed by atoms with van der Waals surface area (Å²) >= 11 is 6.35. The molecule has 2 aromatic carbocycles. The minimum Gasteiger partial charge on any atom is -0.497 e. The van der Waals surface area contributed by atoms with Crippen molar-refractivity contribution in [1.82, 2.24) is 20.1 Å². The molecule has 1 atom stereocenters. The fraction of sp³-hybridized carbons (Fsp3) is 0.208. The van der Waals surface area contributed by atoms with E-state index in [2.05, 4.69) is 15.6 Å². The maximum absolute atomic E-state index is 13.0. The topological polar surface area (TPSA) is 90.3 Å². The minimum absolute atomic E-state index is 0.0177. The van der Waals surface area contributed by atoms with Gasteiger partial charge >= 0.3 is 0 Å². The number of anilines is 2. The number of para-hydroxylation sites is 1. The van der Waals surface area contributed by atoms with Gasteiger partial charge in [-0.3, -0.25) is 14.5 Å². The van der Waals surface area contributed by atoms with Crippen molar-refractivity contribution < 1.29 is 14.3 Å². The maximum Gasteiger partial charge on any atom is 0.271 e. The molecule has 1 aliphatic heterocycles. The third-order valence-corrected chi connectivity index (χ3v) is 6.03. The first kappa shape index (κ1) is 21.1. The molecule has 0 unspecified atom stereocenters. The molecular formula is C24H22ClN5O3. The Morgan fingerprint density at radius 2 is 2.03 bits per heavy atom. The largest absolute Gasteiger partial charge is 0.497 e. The van der Waals surface area contributed by atoms with Crippen LogP contribution in [0.4, 0.5) is 11.4 Å². The Hall–Kier alpha value is -3.78. The van der Waals surface area contributed by atoms with Crippen molar-refractivity contribution in [3.05, 3.63) is 59.4 Å². The van der Waals surface area contributed by atoms with Gasteiger partial charge in [-0.05, 0) is 43.3 Å². The zero-order chi connectivity index (χ0) is 23.1. The first-order valence-corrected chi connectivity index (χ1v) is 10.8. The number of pyridine rings is 1. The van der Waals surface area contributed by atoms with Gasteiger partial charge in [-0.2, -0.15) is 5.10 Å². The molecule has 5 rings (SSSR count). The molecule has 9 heteroatoms. The summed E-state index contributed by atoms with van der Waals surface area (Å²) in [5, 5.41) is 12.5. The molecule has 0 aliphatic carbocycles. The molecule has 2 N–H and O–H groups in total. The van der Waals surface area contributed by atoms with Crippen LogP contribution in [0.2, 0.25) is 5.02 Å². The van der Waals surface area contributed by atoms with Crippen LogP contribution in [-0.4, -0.2) is 41.4 Å². The van der Waals surface area contributed by atoms with Gasteiger partial charge in [0.2, 0.25) is 0 Å². The van der Waals surface area contributed by atoms with Crippen molar-refractivity contribution in [2.24, 2.45) is 0 Å². The molecular weight excluding hydrogens is 442 g/mol. The van der Waals surface area contributed by atoms with Gasteiger partial charge in [0.25, 0.3) is 5.91 Å². The summed E-state index contributed by atoms with van der Waals surface area (Å²) in [6.45, 7) is 2.51. The number of carbonyl (C=O) groups is 1. The van der Waals surface area contributed by atoms with E-state index >= 15 is 0 Å². The molecule has 0 radical (unpaired) electrons. The van der Waals surface area contributed by atoms with E-state index in [4.69, 9.17) is 26.2 Å². The Bertz CT molecular complexity index is 1380. The zero-order valence-electron chi connectivity index (χ0n) is 18.3. The van der Waals surface area contributed by atoms with Gasteiger partial charge in [0.1, 0.15) is 11.4 Å². The molecule has 0 saturated carbocycles. The summed E-state index contributed by atoms with van der Waals surface area (Å²) in [6, 6.07) is 13.0. The molecule has 1 amide bonds. The normalized spacial score (nSPS) is 15.2. The quantitative estimate of drug-likeness (QED) is 0.441. The van der Waals surface area contributed by atoms with E-state index in [9.17, 15) is 4.79 Å². The van der Waals surface area contributed by atoms with Crippen LogP contribution >= 0.6 is 11.6 Å². The number of halogens is 1. The number of nitrogens with zero attached hydrogens (tertiary/aromatic N) is 3. The Labute approximate surface area is 195 Å². The summed E-state index contributed by atoms with van der Waals surface area (Å²) in [7, 11) is 3.18. The van der Waals surface area contributed by atoms with E-state index in [0.717, 1.165) is 16.5 Å². The van der Waals surface area contributed by atoms with Crippen molar-refractivity contribution in [3.8, 4) is 22.8 Å². The molecule has 4 aromatic rings. The average Bonchev–Trinajstić information content (AvgIpc) is 3.21. The number of ether oxygens (including phenoxy) is 2. The van der Waals surface area contributed by atoms with Crippen molar-refractivity contribution in [2.45, 2.75) is 13.0 Å². The predicted octanol–water partition coefficient (Wildman–Crippen LogP) is 4.82. The van der Waals surface area contributed by atoms with Crippen molar-refractivity contribution >= 4 is 39.8 Å². The van der Waals surface area contributed by atoms with Crippen LogP contribution in [0.5, 0.6) is 11.5 Å². The number of methoxy groups -OCH3 is 2. The van der Waals surface area contributed by atoms with E-state index in [0.29, 0.717) is 45.8 Å². The molecule has 0 fully saturated rings. The second-order valence-electron chi connectivity index (χ2n) is 7.76. The second-order valence-corrected chi connectivity index (χ2v) is 8.17. The molecule has 0 spiro atoms. The van der Waals surface area contributed by atoms with E-state index in [1.807, 2.05) is 43.3 Å². The summed E-state index contributed by atoms with van der Waals surface area (Å²) in [5.74, 6) is 0.986. The van der Waals surface area contributed by atoms with Crippen molar-refractivity contribution in [1.29, 1.82) is 0 Å². The fourth-order valence-electron chi connectivity index (χ4n) is 4.10. The Morgan fingerprint density at radius 3 is 2.82 bits per heavy atom. The number of hydrogen-bond donors (Lipinski definition) is 2. The van der Waals surface area contributed by atoms with Gasteiger partial charge in [-0.1, -0.05) is 17.7 Å². The highest BCUT2D eigenvalue weighted by atomic mass is 35.5. The third kappa shape index (κ3) is 3.52. The predicted molar refractivity (Wildman–Crippen MR) is 128 cm³/mol. The zero-order valence-corrected chi connectivity index (χ0v) is 19.1. The molecule has 0 bridgehead atoms. The smallest absolute Gasteiger partial charge is 0.271 e. The molecule has 0 saturated heterocycles. The van der Waals surface area contributed by atoms with Gasteiger partial charge in [0.15, 0.2) is 11.4 Å². The number of benzene rings is 2. The first-order valence-electron chi connectivity index (χ1n) is 10.4. The average molecular weight is 464 g/mol. The van der Waals surface area contributed by atoms with Gasteiger partial charge in [-0.15, -0.1) is 0 Å². The van der Waals surface area contributed by atoms with Crippen LogP contribution in [0, 0.1) is 0 Å². The van der Waals surface area contributed by atoms with Crippen LogP contribution in [0.1, 0.15) is 23.5 Å². The lowest BCUT2D eigenvalue weighted by Crippen LogP contribution is -2.38. The summed E-state index contributed by atoms with van der Waals surface area (Å²) in [6.07, 6.45) is 1.73. The Kier molecular flexibility index (Phi) is 5.30. The summed E-state index contributed by atoms with van der Waals surface area (Å²) in [4.78, 5) is 17.5. The third-order valence-electron chi connectivity index (χ3n) is 5.74. The Balaban J connectivity index is 1.78. The highest BCUT2D eigenvalue weighted by molar-refractivity contribution is 6.32. The van der Waals surface area contributed by atoms with Crippen molar-refractivity contribution in [2.75, 3.05) is 26.1 Å². The standard InChI is InChI=1S/C24H22ClN5O3/c1-13-12-27-24(31)22-21(28-19-6-4-5-17(25)23(19)33-3)20(29-30(13)22)15-9-10-26-18-8-7-14(32-2)11-16(15)18/h4-11,13,28H,12H2,1-3H3,(H,27,31)/t13-/m0/s1. The van der Waals surface area contributed by atoms with Gasteiger partial charge < -0.3 is 20.1 Å². The van der Waals surface area contributed by atoms with E-state index in [1.165, 1.54) is 0 Å². The number of carbonyl (C=O) groups excluding carboxylic acids is 1. The number of nitrogens with one attached hydrogen (secondary N) is 2. The lowest BCUT2D eigenvalue weighted by molar-refractivity contribution is 0.0913. The minimum atomic E-state index is -0.203. The van der Waals surface area contributed by atoms with Gasteiger partial charge in [0.05, 0.1) is 42.2 Å². The second kappa shape index (κ2) is 8.29. The van der Waals surface area contributed by atoms with Crippen LogP contribution in [0.3, 0.4) is 0 Å². The van der Waals surface area contributed by atoms with Crippen molar-refractivity contribution in [3.63, 3.8) is 0 Å². The highest BCUT2D eigenvalue weighted by Crippen LogP contribution is 2.41. The fourth-order valence-corrected chi connectivity index (χ4v) is 4.35. The SMILES string of the molecule is COc1ccc2nccc(-c3nn4c(c3Nc3cccc(Cl)c3OC)C(=O)NC[C@@H]4C)c2c1. The lowest BCUT2D eigenvalue weighted by atomic mass is 10.0. The number of aromatic nitrogens is 3. The van der Waals surface area contributed by atoms with E-state index in [-0.39, 0.29) is 11.9 Å². The van der Waals surface area contributed by atoms with Crippen LogP contribution in [0.15, 0.2) is 48.7 Å². The van der Waals surface area contributed by atoms with Crippen LogP contribution in [-0.2, 0) is 0 Å². The first-order chi connectivity index (χ1) is 16.0. The number of rotatable bonds is 5. The molecule has 33 heavy (non-hydrogen) atoms. The summed E-state index contributed by atoms with van der Waals surface area (Å²) in [5.41, 5.74) is 3.88. The molecule has 2 aromatic heterocycles. The number of fused-ring (bicyclic) bond motifs is 2. The molecule has 8 nitrogen and oxygen atoms in total. The number of amides is 1. The van der Waals surface area contributed by atoms with E-state index < -0.39 is 0 Å². The number of hydrogen-bond acceptors (Lipinski definition) is 6. The molecule has 168 valence electrons. The molecule has 3 heterocycles. The van der Waals surface area contributed by atoms with E-state index in [1.54, 1.807) is 31.2 Å². The van der Waals surface area contributed by atoms with Gasteiger partial charge in [0, 0.05) is 23.7 Å². The lowest BCUT2D eigenvalue weighted by Gasteiger charge is -2.22. The maximum atomic E-state index is 13.0. The monoisotopic (exact) mass is 463 g/mol.